The summed E-state index contributed by atoms with van der Waals surface area (Å²) in [6, 6.07) is 13.4. The van der Waals surface area contributed by atoms with Crippen LogP contribution in [0.3, 0.4) is 0 Å². The number of rotatable bonds is 37. The van der Waals surface area contributed by atoms with E-state index in [2.05, 4.69) is 84.4 Å². The molecule has 662 valence electrons. The van der Waals surface area contributed by atoms with E-state index in [9.17, 15) is 67.1 Å². The molecule has 0 saturated carbocycles. The molecule has 0 aliphatic heterocycles. The number of aliphatic imine (C=N–C) groups is 1. The molecule has 43 heteroatoms. The summed E-state index contributed by atoms with van der Waals surface area (Å²) in [5.41, 5.74) is 4.84. The van der Waals surface area contributed by atoms with Gasteiger partial charge < -0.3 is 135 Å². The fraction of sp³-hybridized carbons (Fsp3) is 0.341. The van der Waals surface area contributed by atoms with Gasteiger partial charge in [0.25, 0.3) is 59.1 Å². The van der Waals surface area contributed by atoms with Gasteiger partial charge in [-0.3, -0.25) is 67.1 Å². The lowest BCUT2D eigenvalue weighted by atomic mass is 10.3. The predicted octanol–water partition coefficient (Wildman–Crippen LogP) is 3.94. The molecule has 0 aliphatic rings. The summed E-state index contributed by atoms with van der Waals surface area (Å²) < 4.78 is 15.2. The quantitative estimate of drug-likeness (QED) is 0.0149. The third-order valence-electron chi connectivity index (χ3n) is 19.5. The number of imidazole rings is 1. The van der Waals surface area contributed by atoms with E-state index in [1.807, 2.05) is 57.0 Å². The highest BCUT2D eigenvalue weighted by atomic mass is 16.2. The molecule has 14 amide bonds. The van der Waals surface area contributed by atoms with Crippen molar-refractivity contribution in [2.24, 2.45) is 75.5 Å². The van der Waals surface area contributed by atoms with Crippen molar-refractivity contribution in [1.29, 1.82) is 0 Å². The topological polar surface area (TPSA) is 492 Å². The molecule has 0 aromatic carbocycles. The first-order valence-electron chi connectivity index (χ1n) is 39.5. The summed E-state index contributed by atoms with van der Waals surface area (Å²) >= 11 is 0. The first-order chi connectivity index (χ1) is 59.2. The van der Waals surface area contributed by atoms with Crippen LogP contribution in [0.1, 0.15) is 144 Å². The van der Waals surface area contributed by atoms with E-state index in [0.29, 0.717) is 52.3 Å². The van der Waals surface area contributed by atoms with Gasteiger partial charge in [-0.15, -0.1) is 0 Å². The fourth-order valence-corrected chi connectivity index (χ4v) is 13.4. The van der Waals surface area contributed by atoms with Crippen molar-refractivity contribution in [3.63, 3.8) is 0 Å². The highest BCUT2D eigenvalue weighted by Crippen LogP contribution is 2.26. The Hall–Kier alpha value is -15.5. The Balaban J connectivity index is 0.599. The largest absolute Gasteiger partial charge is 0.356 e. The Morgan fingerprint density at radius 2 is 0.552 bits per heavy atom. The standard InChI is InChI=1S/C82H105N29O14/c1-99(2)28-18-24-83-67(112)20-25-85-72(116)57-32-52(42-102(57)7)92-78(122)63-35-54(44-108(63)13)94-79(123)64-34-53(43-109(64)14)93-76(120)61-30-49(39-106(61)11)89-69(114)21-26-86-73(117)58-33-51(41-103(58)8)91-75(119)60-29-48(38-105(60)10)88-68(113)19-17-23-84-81(125)71-97-66(47-111(71)16)98-80(124)65-36-55(45-110(65)15)95-77(121)62-31-50(40-107(62)12)90-70(115)22-27-87-74(118)59-37-56(46-104(59)9)96-82(100(3)4)101(5)6/h29-47H,17-28H2,1-16H3,(H,83,112)(H,84,125)(H,85,116)(H,86,117)(H,87,118)(H,88,113)(H,89,114)(H,90,115)(H,91,119)(H,92,122)(H,93,120)(H,94,123)(H,95,121)(H,98,124). The summed E-state index contributed by atoms with van der Waals surface area (Å²) in [4.78, 5) is 200. The molecule has 0 fully saturated rings. The monoisotopic (exact) mass is 1720 g/mol. The third kappa shape index (κ3) is 24.4. The number of guanidine groups is 1. The lowest BCUT2D eigenvalue weighted by Crippen LogP contribution is -2.35. The lowest BCUT2D eigenvalue weighted by Gasteiger charge is -2.22. The van der Waals surface area contributed by atoms with Crippen molar-refractivity contribution in [2.75, 3.05) is 129 Å². The maximum atomic E-state index is 13.6. The number of amides is 14. The van der Waals surface area contributed by atoms with E-state index in [4.69, 9.17) is 0 Å². The second-order valence-electron chi connectivity index (χ2n) is 30.5. The molecule has 14 N–H and O–H groups in total. The maximum absolute atomic E-state index is 13.6. The van der Waals surface area contributed by atoms with Crippen LogP contribution in [0.25, 0.3) is 0 Å². The number of carbonyl (C=O) groups is 14. The second-order valence-corrected chi connectivity index (χ2v) is 30.5. The van der Waals surface area contributed by atoms with Crippen LogP contribution in [-0.2, 0) is 89.7 Å². The van der Waals surface area contributed by atoms with Crippen molar-refractivity contribution < 1.29 is 67.1 Å². The highest BCUT2D eigenvalue weighted by molar-refractivity contribution is 6.11. The Kier molecular flexibility index (Phi) is 29.9. The normalized spacial score (nSPS) is 11.0. The molecule has 10 heterocycles. The minimum atomic E-state index is -0.598. The van der Waals surface area contributed by atoms with Crippen LogP contribution in [0.5, 0.6) is 0 Å². The second kappa shape index (κ2) is 40.7. The summed E-state index contributed by atoms with van der Waals surface area (Å²) in [6.45, 7) is 1.53. The van der Waals surface area contributed by atoms with Gasteiger partial charge in [-0.2, -0.15) is 0 Å². The molecular formula is C82H105N29O14. The minimum absolute atomic E-state index is 0.0160. The average molecular weight is 1720 g/mol. The minimum Gasteiger partial charge on any atom is -0.356 e. The van der Waals surface area contributed by atoms with E-state index < -0.39 is 70.9 Å². The lowest BCUT2D eigenvalue weighted by molar-refractivity contribution is -0.121. The van der Waals surface area contributed by atoms with Gasteiger partial charge in [-0.05, 0) is 88.1 Å². The summed E-state index contributed by atoms with van der Waals surface area (Å²) in [6.07, 6.45) is 16.4. The van der Waals surface area contributed by atoms with Gasteiger partial charge in [0.1, 0.15) is 51.2 Å². The van der Waals surface area contributed by atoms with Gasteiger partial charge in [0, 0.05) is 219 Å². The Bertz CT molecular complexity index is 5800. The molecule has 0 radical (unpaired) electrons. The van der Waals surface area contributed by atoms with E-state index in [1.54, 1.807) is 117 Å². The fourth-order valence-electron chi connectivity index (χ4n) is 13.4. The van der Waals surface area contributed by atoms with Crippen LogP contribution in [0.4, 0.5) is 57.0 Å². The Labute approximate surface area is 718 Å². The van der Waals surface area contributed by atoms with Crippen LogP contribution in [0.2, 0.25) is 0 Å². The first-order valence-corrected chi connectivity index (χ1v) is 39.5. The SMILES string of the molecule is CN(C)CCCNC(=O)CCNC(=O)c1cc(NC(=O)c2cc(NC(=O)c3cc(NC(=O)c4cc(NC(=O)CCNC(=O)c5cc(NC(=O)c6cc(NC(=O)CCCNC(=O)c7nc(NC(=O)c8cc(NC(=O)c9cc(NC(=O)CCNC(=O)c%10cc(N=C(N(C)C)N(C)C)cn%10C)cn9C)cn8C)cn7C)cn6C)cn5C)cn4C)cn3C)cn2C)cn1C. The van der Waals surface area contributed by atoms with Gasteiger partial charge >= 0.3 is 0 Å². The van der Waals surface area contributed by atoms with Crippen molar-refractivity contribution in [3.05, 3.63) is 174 Å². The van der Waals surface area contributed by atoms with E-state index in [-0.39, 0.29) is 144 Å². The van der Waals surface area contributed by atoms with E-state index in [0.717, 1.165) is 13.0 Å². The number of anilines is 9. The number of aromatic nitrogens is 11. The zero-order chi connectivity index (χ0) is 90.9. The molecule has 0 atom stereocenters. The van der Waals surface area contributed by atoms with E-state index in [1.165, 1.54) is 116 Å². The molecule has 0 saturated heterocycles. The number of nitrogens with one attached hydrogen (secondary N) is 14. The van der Waals surface area contributed by atoms with Crippen LogP contribution < -0.4 is 74.4 Å². The number of nitrogens with zero attached hydrogens (tertiary/aromatic N) is 15. The molecule has 10 aromatic rings. The molecule has 0 aliphatic carbocycles. The zero-order valence-corrected chi connectivity index (χ0v) is 72.4. The van der Waals surface area contributed by atoms with Gasteiger partial charge in [0.05, 0.1) is 51.2 Å². The number of hydrogen-bond acceptors (Lipinski definition) is 17. The number of carbonyl (C=O) groups excluding carboxylic acids is 14. The van der Waals surface area contributed by atoms with Gasteiger partial charge in [0.2, 0.25) is 35.4 Å². The molecule has 0 unspecified atom stereocenters. The summed E-state index contributed by atoms with van der Waals surface area (Å²) in [5, 5.41) is 38.5. The molecule has 0 spiro atoms. The van der Waals surface area contributed by atoms with E-state index >= 15 is 0 Å². The summed E-state index contributed by atoms with van der Waals surface area (Å²) in [5.74, 6) is -5.97. The van der Waals surface area contributed by atoms with Gasteiger partial charge in [-0.1, -0.05) is 0 Å². The van der Waals surface area contributed by atoms with Crippen molar-refractivity contribution >= 4 is 146 Å². The van der Waals surface area contributed by atoms with Gasteiger partial charge in [0.15, 0.2) is 5.82 Å². The van der Waals surface area contributed by atoms with Crippen LogP contribution in [0.15, 0.2) is 122 Å². The number of aryl methyl sites for hydroxylation is 10. The molecule has 10 rings (SSSR count). The van der Waals surface area contributed by atoms with Crippen molar-refractivity contribution in [2.45, 2.75) is 38.5 Å². The van der Waals surface area contributed by atoms with Crippen LogP contribution >= 0.6 is 0 Å². The molecule has 10 aromatic heterocycles. The van der Waals surface area contributed by atoms with Gasteiger partial charge in [-0.25, -0.2) is 9.98 Å². The predicted molar refractivity (Wildman–Crippen MR) is 469 cm³/mol. The average Bonchev–Trinajstić information content (AvgIpc) is 1.67. The smallest absolute Gasteiger partial charge is 0.287 e. The zero-order valence-electron chi connectivity index (χ0n) is 72.4. The Morgan fingerprint density at radius 3 is 0.880 bits per heavy atom. The number of hydrogen-bond donors (Lipinski definition) is 14. The van der Waals surface area contributed by atoms with Crippen molar-refractivity contribution in [3.8, 4) is 0 Å². The molecule has 125 heavy (non-hydrogen) atoms. The third-order valence-corrected chi connectivity index (χ3v) is 19.5. The molecule has 43 nitrogen and oxygen atoms in total. The molecule has 0 bridgehead atoms. The van der Waals surface area contributed by atoms with Crippen LogP contribution in [-0.4, -0.2) is 236 Å². The van der Waals surface area contributed by atoms with Crippen LogP contribution in [0, 0.1) is 0 Å². The Morgan fingerprint density at radius 1 is 0.280 bits per heavy atom. The highest BCUT2D eigenvalue weighted by Gasteiger charge is 2.26. The van der Waals surface area contributed by atoms with Crippen molar-refractivity contribution in [1.82, 2.24) is 91.9 Å². The molecular weight excluding hydrogens is 1620 g/mol. The maximum Gasteiger partial charge on any atom is 0.287 e. The summed E-state index contributed by atoms with van der Waals surface area (Å²) in [7, 11) is 27.6. The first kappa shape index (κ1) is 91.8.